The number of aryl methyl sites for hydroxylation is 2. The molecule has 206 valence electrons. The lowest BCUT2D eigenvalue weighted by Gasteiger charge is -2.27. The molecular weight excluding hydrogens is 502 g/mol. The summed E-state index contributed by atoms with van der Waals surface area (Å²) in [7, 11) is 0.743. The monoisotopic (exact) mass is 546 g/mol. The van der Waals surface area contributed by atoms with Crippen LogP contribution >= 0.6 is 0 Å². The Labute approximate surface area is 241 Å². The number of aromatic nitrogens is 1. The van der Waals surface area contributed by atoms with E-state index in [0.717, 1.165) is 24.3 Å². The highest BCUT2D eigenvalue weighted by atomic mass is 28.3. The van der Waals surface area contributed by atoms with Crippen LogP contribution in [0.2, 0.25) is 19.6 Å². The lowest BCUT2D eigenvalue weighted by molar-refractivity contribution is -0.659. The predicted molar refractivity (Wildman–Crippen MR) is 175 cm³/mol. The van der Waals surface area contributed by atoms with Crippen LogP contribution in [0.5, 0.6) is 11.5 Å². The van der Waals surface area contributed by atoms with Gasteiger partial charge in [0, 0.05) is 17.0 Å². The van der Waals surface area contributed by atoms with Gasteiger partial charge in [0.05, 0.1) is 19.0 Å². The van der Waals surface area contributed by atoms with Gasteiger partial charge < -0.3 is 4.74 Å². The van der Waals surface area contributed by atoms with Gasteiger partial charge in [0.15, 0.2) is 6.20 Å². The summed E-state index contributed by atoms with van der Waals surface area (Å²) in [5, 5.41) is 9.31. The van der Waals surface area contributed by atoms with E-state index in [1.165, 1.54) is 65.5 Å². The molecule has 0 bridgehead atoms. The number of fused-ring (bicyclic) bond motifs is 5. The second-order valence-electron chi connectivity index (χ2n) is 14.7. The highest BCUT2D eigenvalue weighted by molar-refractivity contribution is 6.88. The predicted octanol–water partition coefficient (Wildman–Crippen LogP) is 9.38. The van der Waals surface area contributed by atoms with Crippen molar-refractivity contribution in [3.8, 4) is 22.8 Å². The molecule has 1 aliphatic rings. The summed E-state index contributed by atoms with van der Waals surface area (Å²) in [6, 6.07) is 18.8. The third-order valence-corrected chi connectivity index (χ3v) is 10.6. The van der Waals surface area contributed by atoms with Crippen LogP contribution in [0.3, 0.4) is 0 Å². The van der Waals surface area contributed by atoms with Gasteiger partial charge in [-0.1, -0.05) is 95.8 Å². The molecule has 3 heteroatoms. The number of hydrogen-bond donors (Lipinski definition) is 0. The summed E-state index contributed by atoms with van der Waals surface area (Å²) in [6.07, 6.45) is 4.30. The van der Waals surface area contributed by atoms with Crippen LogP contribution in [0.15, 0.2) is 54.7 Å². The van der Waals surface area contributed by atoms with Crippen LogP contribution in [0.25, 0.3) is 43.6 Å². The van der Waals surface area contributed by atoms with Gasteiger partial charge in [0.2, 0.25) is 5.69 Å². The smallest absolute Gasteiger partial charge is 0.228 e. The van der Waals surface area contributed by atoms with Gasteiger partial charge in [-0.15, -0.1) is 0 Å². The normalized spacial score (nSPS) is 13.4. The third-order valence-electron chi connectivity index (χ3n) is 8.55. The van der Waals surface area contributed by atoms with Crippen molar-refractivity contribution in [3.63, 3.8) is 0 Å². The summed E-state index contributed by atoms with van der Waals surface area (Å²) in [6.45, 7) is 21.2. The molecule has 0 amide bonds. The summed E-state index contributed by atoms with van der Waals surface area (Å²) in [4.78, 5) is 0. The van der Waals surface area contributed by atoms with E-state index in [-0.39, 0.29) is 5.41 Å². The van der Waals surface area contributed by atoms with E-state index in [1.54, 1.807) is 0 Å². The van der Waals surface area contributed by atoms with E-state index in [4.69, 9.17) is 4.74 Å². The molecule has 1 aromatic heterocycles. The molecule has 0 unspecified atom stereocenters. The second-order valence-corrected chi connectivity index (χ2v) is 19.8. The first-order chi connectivity index (χ1) is 18.7. The minimum atomic E-state index is -1.45. The van der Waals surface area contributed by atoms with Gasteiger partial charge >= 0.3 is 0 Å². The Bertz CT molecular complexity index is 1830. The number of pyridine rings is 1. The largest absolute Gasteiger partial charge is 0.455 e. The zero-order chi connectivity index (χ0) is 28.7. The van der Waals surface area contributed by atoms with Crippen molar-refractivity contribution in [2.45, 2.75) is 74.0 Å². The van der Waals surface area contributed by atoms with Crippen LogP contribution < -0.4 is 14.5 Å². The Kier molecular flexibility index (Phi) is 6.20. The zero-order valence-corrected chi connectivity index (χ0v) is 27.0. The van der Waals surface area contributed by atoms with Crippen molar-refractivity contribution in [2.75, 3.05) is 0 Å². The molecule has 1 aliphatic heterocycles. The summed E-state index contributed by atoms with van der Waals surface area (Å²) >= 11 is 0. The van der Waals surface area contributed by atoms with Gasteiger partial charge in [-0.05, 0) is 69.8 Å². The molecule has 2 nitrogen and oxygen atoms in total. The molecule has 0 atom stereocenters. The topological polar surface area (TPSA) is 13.1 Å². The second kappa shape index (κ2) is 9.17. The van der Waals surface area contributed by atoms with Crippen LogP contribution in [0.4, 0.5) is 0 Å². The van der Waals surface area contributed by atoms with E-state index in [1.807, 2.05) is 0 Å². The molecule has 2 heterocycles. The average Bonchev–Trinajstić information content (AvgIpc) is 2.85. The van der Waals surface area contributed by atoms with Crippen molar-refractivity contribution in [1.29, 1.82) is 0 Å². The Morgan fingerprint density at radius 1 is 0.875 bits per heavy atom. The molecule has 0 saturated carbocycles. The standard InChI is InChI=1S/C37H44NOSi/c1-22(2)17-31-27-14-11-24(21-37(4,5)6)18-29(27)23(3)33-35-34-28(15-16-38(35)7)30-20-26(40(8,9)10)13-12-25(30)19-32(34)39-36(31)33/h11-16,18-20,22H,17,21H2,1-10H3/q+1. The minimum Gasteiger partial charge on any atom is -0.455 e. The molecule has 5 aromatic rings. The van der Waals surface area contributed by atoms with Crippen molar-refractivity contribution < 1.29 is 9.30 Å². The molecule has 0 saturated heterocycles. The van der Waals surface area contributed by atoms with Crippen molar-refractivity contribution in [3.05, 3.63) is 71.4 Å². The maximum atomic E-state index is 7.04. The van der Waals surface area contributed by atoms with E-state index in [0.29, 0.717) is 5.92 Å². The highest BCUT2D eigenvalue weighted by Gasteiger charge is 2.34. The molecule has 4 aromatic carbocycles. The average molecular weight is 547 g/mol. The van der Waals surface area contributed by atoms with Gasteiger partial charge in [-0.3, -0.25) is 0 Å². The Morgan fingerprint density at radius 3 is 2.30 bits per heavy atom. The maximum Gasteiger partial charge on any atom is 0.228 e. The molecule has 0 N–H and O–H groups in total. The van der Waals surface area contributed by atoms with Gasteiger partial charge in [-0.25, -0.2) is 4.57 Å². The Morgan fingerprint density at radius 2 is 1.62 bits per heavy atom. The Hall–Kier alpha value is -3.17. The number of hydrogen-bond acceptors (Lipinski definition) is 1. The van der Waals surface area contributed by atoms with Gasteiger partial charge in [-0.2, -0.15) is 0 Å². The van der Waals surface area contributed by atoms with Crippen LogP contribution in [0.1, 0.15) is 51.3 Å². The Balaban J connectivity index is 1.72. The van der Waals surface area contributed by atoms with E-state index < -0.39 is 8.07 Å². The third kappa shape index (κ3) is 4.43. The molecule has 0 spiro atoms. The number of ether oxygens (including phenoxy) is 1. The quantitative estimate of drug-likeness (QED) is 0.122. The van der Waals surface area contributed by atoms with E-state index in [2.05, 4.69) is 128 Å². The summed E-state index contributed by atoms with van der Waals surface area (Å²) in [5.74, 6) is 2.56. The van der Waals surface area contributed by atoms with Crippen LogP contribution in [-0.4, -0.2) is 8.07 Å². The molecular formula is C37H44NOSi+. The van der Waals surface area contributed by atoms with E-state index in [9.17, 15) is 0 Å². The molecule has 0 radical (unpaired) electrons. The summed E-state index contributed by atoms with van der Waals surface area (Å²) < 4.78 is 9.36. The molecule has 6 rings (SSSR count). The van der Waals surface area contributed by atoms with E-state index >= 15 is 0 Å². The molecule has 0 fully saturated rings. The fraction of sp³-hybridized carbons (Fsp3) is 0.378. The SMILES string of the molecule is Cc1c2c(c(CC(C)C)c3ccc(CC(C)(C)C)cc13)Oc1cc3ccc([Si](C)(C)C)cc3c3cc[n+](C)c-2c13. The highest BCUT2D eigenvalue weighted by Crippen LogP contribution is 2.52. The molecule has 40 heavy (non-hydrogen) atoms. The first kappa shape index (κ1) is 27.0. The number of nitrogens with zero attached hydrogens (tertiary/aromatic N) is 1. The first-order valence-corrected chi connectivity index (χ1v) is 18.4. The molecule has 0 aliphatic carbocycles. The zero-order valence-electron chi connectivity index (χ0n) is 26.0. The fourth-order valence-corrected chi connectivity index (χ4v) is 7.84. The lowest BCUT2D eigenvalue weighted by atomic mass is 9.83. The maximum absolute atomic E-state index is 7.04. The fourth-order valence-electron chi connectivity index (χ4n) is 6.68. The van der Waals surface area contributed by atoms with Crippen molar-refractivity contribution in [2.24, 2.45) is 18.4 Å². The van der Waals surface area contributed by atoms with Crippen molar-refractivity contribution in [1.82, 2.24) is 0 Å². The first-order valence-electron chi connectivity index (χ1n) is 14.9. The van der Waals surface area contributed by atoms with Gasteiger partial charge in [0.25, 0.3) is 0 Å². The van der Waals surface area contributed by atoms with Crippen LogP contribution in [-0.2, 0) is 19.9 Å². The number of benzene rings is 4. The lowest BCUT2D eigenvalue weighted by Crippen LogP contribution is -2.37. The van der Waals surface area contributed by atoms with Crippen LogP contribution in [0, 0.1) is 18.3 Å². The number of rotatable bonds is 4. The summed E-state index contributed by atoms with van der Waals surface area (Å²) in [5.41, 5.74) is 6.84. The van der Waals surface area contributed by atoms with Gasteiger partial charge in [0.1, 0.15) is 18.5 Å². The minimum absolute atomic E-state index is 0.243. The van der Waals surface area contributed by atoms with Crippen molar-refractivity contribution >= 4 is 45.6 Å².